The summed E-state index contributed by atoms with van der Waals surface area (Å²) in [4.78, 5) is 0. The third kappa shape index (κ3) is 10.9. The molecule has 0 saturated heterocycles. The van der Waals surface area contributed by atoms with Crippen LogP contribution in [0.25, 0.3) is 0 Å². The summed E-state index contributed by atoms with van der Waals surface area (Å²) in [6, 6.07) is 0. The lowest BCUT2D eigenvalue weighted by Crippen LogP contribution is -2.37. The molecule has 0 radical (unpaired) electrons. The Morgan fingerprint density at radius 1 is 1.06 bits per heavy atom. The van der Waals surface area contributed by atoms with Crippen LogP contribution in [0.1, 0.15) is 6.92 Å². The predicted molar refractivity (Wildman–Crippen MR) is 68.9 cm³/mol. The zero-order valence-corrected chi connectivity index (χ0v) is 11.7. The van der Waals surface area contributed by atoms with Crippen LogP contribution in [0.4, 0.5) is 0 Å². The molecule has 18 heavy (non-hydrogen) atoms. The molecule has 0 heterocycles. The Morgan fingerprint density at radius 3 is 2.39 bits per heavy atom. The quantitative estimate of drug-likeness (QED) is 0.444. The first-order valence-electron chi connectivity index (χ1n) is 6.30. The van der Waals surface area contributed by atoms with Gasteiger partial charge in [-0.1, -0.05) is 0 Å². The highest BCUT2D eigenvalue weighted by Gasteiger charge is 2.08. The maximum atomic E-state index is 9.62. The summed E-state index contributed by atoms with van der Waals surface area (Å²) in [5.74, 6) is 0. The SMILES string of the molecule is CCOCCOCC(O)CNCC(COC)OC. The van der Waals surface area contributed by atoms with Crippen molar-refractivity contribution in [3.63, 3.8) is 0 Å². The van der Waals surface area contributed by atoms with Gasteiger partial charge in [-0.05, 0) is 6.92 Å². The monoisotopic (exact) mass is 265 g/mol. The van der Waals surface area contributed by atoms with Gasteiger partial charge in [0.2, 0.25) is 0 Å². The number of nitrogens with one attached hydrogen (secondary N) is 1. The van der Waals surface area contributed by atoms with Crippen LogP contribution in [-0.4, -0.2) is 77.7 Å². The second-order valence-corrected chi connectivity index (χ2v) is 3.90. The van der Waals surface area contributed by atoms with E-state index in [4.69, 9.17) is 18.9 Å². The van der Waals surface area contributed by atoms with Crippen LogP contribution in [-0.2, 0) is 18.9 Å². The van der Waals surface area contributed by atoms with Crippen LogP contribution in [0.3, 0.4) is 0 Å². The van der Waals surface area contributed by atoms with Crippen LogP contribution in [0.2, 0.25) is 0 Å². The van der Waals surface area contributed by atoms with Gasteiger partial charge in [0.05, 0.1) is 38.6 Å². The Balaban J connectivity index is 3.37. The summed E-state index contributed by atoms with van der Waals surface area (Å²) in [7, 11) is 3.27. The average Bonchev–Trinajstić information content (AvgIpc) is 2.37. The fourth-order valence-electron chi connectivity index (χ4n) is 1.35. The summed E-state index contributed by atoms with van der Waals surface area (Å²) in [5, 5.41) is 12.7. The molecule has 0 aromatic carbocycles. The number of ether oxygens (including phenoxy) is 4. The minimum absolute atomic E-state index is 0.000993. The third-order valence-corrected chi connectivity index (χ3v) is 2.32. The number of rotatable bonds is 13. The largest absolute Gasteiger partial charge is 0.389 e. The Kier molecular flexibility index (Phi) is 13.0. The number of aliphatic hydroxyl groups is 1. The van der Waals surface area contributed by atoms with Crippen molar-refractivity contribution < 1.29 is 24.1 Å². The molecule has 2 atom stereocenters. The first-order chi connectivity index (χ1) is 8.74. The maximum Gasteiger partial charge on any atom is 0.0928 e. The lowest BCUT2D eigenvalue weighted by atomic mass is 10.3. The van der Waals surface area contributed by atoms with Crippen molar-refractivity contribution in [2.45, 2.75) is 19.1 Å². The minimum Gasteiger partial charge on any atom is -0.389 e. The summed E-state index contributed by atoms with van der Waals surface area (Å²) in [5.41, 5.74) is 0. The van der Waals surface area contributed by atoms with Crippen molar-refractivity contribution in [1.82, 2.24) is 5.32 Å². The summed E-state index contributed by atoms with van der Waals surface area (Å²) in [6.07, 6.45) is -0.521. The van der Waals surface area contributed by atoms with Crippen molar-refractivity contribution in [2.24, 2.45) is 0 Å². The second-order valence-electron chi connectivity index (χ2n) is 3.90. The van der Waals surface area contributed by atoms with E-state index >= 15 is 0 Å². The highest BCUT2D eigenvalue weighted by Crippen LogP contribution is 1.90. The van der Waals surface area contributed by atoms with Crippen LogP contribution in [0, 0.1) is 0 Å². The van der Waals surface area contributed by atoms with Gasteiger partial charge in [-0.15, -0.1) is 0 Å². The highest BCUT2D eigenvalue weighted by atomic mass is 16.5. The average molecular weight is 265 g/mol. The molecule has 0 fully saturated rings. The van der Waals surface area contributed by atoms with Crippen molar-refractivity contribution in [3.05, 3.63) is 0 Å². The Hall–Kier alpha value is -0.240. The fraction of sp³-hybridized carbons (Fsp3) is 1.00. The predicted octanol–water partition coefficient (Wildman–Crippen LogP) is -0.349. The molecule has 0 amide bonds. The van der Waals surface area contributed by atoms with Gasteiger partial charge < -0.3 is 29.4 Å². The topological polar surface area (TPSA) is 69.2 Å². The second kappa shape index (κ2) is 13.2. The van der Waals surface area contributed by atoms with E-state index in [9.17, 15) is 5.11 Å². The summed E-state index contributed by atoms with van der Waals surface area (Å²) >= 11 is 0. The Labute approximate surface area is 110 Å². The molecule has 0 aromatic heterocycles. The first kappa shape index (κ1) is 17.8. The molecule has 2 N–H and O–H groups in total. The highest BCUT2D eigenvalue weighted by molar-refractivity contribution is 4.64. The molecule has 2 unspecified atom stereocenters. The van der Waals surface area contributed by atoms with Crippen molar-refractivity contribution in [2.75, 3.05) is 60.3 Å². The first-order valence-corrected chi connectivity index (χ1v) is 6.30. The Bertz CT molecular complexity index is 171. The zero-order valence-electron chi connectivity index (χ0n) is 11.7. The van der Waals surface area contributed by atoms with E-state index in [0.717, 1.165) is 0 Å². The molecule has 6 heteroatoms. The van der Waals surface area contributed by atoms with Gasteiger partial charge in [-0.2, -0.15) is 0 Å². The van der Waals surface area contributed by atoms with E-state index in [1.54, 1.807) is 14.2 Å². The molecule has 0 bridgehead atoms. The fourth-order valence-corrected chi connectivity index (χ4v) is 1.35. The van der Waals surface area contributed by atoms with E-state index in [2.05, 4.69) is 5.32 Å². The molecule has 110 valence electrons. The van der Waals surface area contributed by atoms with Crippen molar-refractivity contribution >= 4 is 0 Å². The molecular weight excluding hydrogens is 238 g/mol. The van der Waals surface area contributed by atoms with Gasteiger partial charge in [-0.3, -0.25) is 0 Å². The molecular formula is C12H27NO5. The zero-order chi connectivity index (χ0) is 13.6. The summed E-state index contributed by atoms with van der Waals surface area (Å²) < 4.78 is 20.5. The van der Waals surface area contributed by atoms with Crippen LogP contribution >= 0.6 is 0 Å². The molecule has 0 rings (SSSR count). The molecule has 0 aromatic rings. The van der Waals surface area contributed by atoms with Gasteiger partial charge in [0, 0.05) is 33.9 Å². The van der Waals surface area contributed by atoms with Crippen LogP contribution in [0.15, 0.2) is 0 Å². The number of aliphatic hydroxyl groups excluding tert-OH is 1. The number of hydrogen-bond acceptors (Lipinski definition) is 6. The normalized spacial score (nSPS) is 14.7. The van der Waals surface area contributed by atoms with Gasteiger partial charge in [0.1, 0.15) is 0 Å². The van der Waals surface area contributed by atoms with Crippen molar-refractivity contribution in [3.8, 4) is 0 Å². The van der Waals surface area contributed by atoms with Gasteiger partial charge >= 0.3 is 0 Å². The smallest absolute Gasteiger partial charge is 0.0928 e. The van der Waals surface area contributed by atoms with E-state index in [-0.39, 0.29) is 6.10 Å². The van der Waals surface area contributed by atoms with E-state index in [1.807, 2.05) is 6.92 Å². The molecule has 0 saturated carbocycles. The third-order valence-electron chi connectivity index (χ3n) is 2.32. The number of methoxy groups -OCH3 is 2. The van der Waals surface area contributed by atoms with Gasteiger partial charge in [-0.25, -0.2) is 0 Å². The van der Waals surface area contributed by atoms with Gasteiger partial charge in [0.25, 0.3) is 0 Å². The van der Waals surface area contributed by atoms with E-state index in [1.165, 1.54) is 0 Å². The molecule has 0 aliphatic rings. The van der Waals surface area contributed by atoms with E-state index < -0.39 is 6.10 Å². The van der Waals surface area contributed by atoms with E-state index in [0.29, 0.717) is 46.1 Å². The standard InChI is InChI=1S/C12H27NO5/c1-4-17-5-6-18-9-11(14)7-13-8-12(16-3)10-15-2/h11-14H,4-10H2,1-3H3. The lowest BCUT2D eigenvalue weighted by molar-refractivity contribution is 0.00184. The molecule has 0 aliphatic carbocycles. The van der Waals surface area contributed by atoms with Crippen molar-refractivity contribution in [1.29, 1.82) is 0 Å². The lowest BCUT2D eigenvalue weighted by Gasteiger charge is -2.17. The summed E-state index contributed by atoms with van der Waals surface area (Å²) in [6.45, 7) is 5.65. The van der Waals surface area contributed by atoms with Crippen LogP contribution in [0.5, 0.6) is 0 Å². The minimum atomic E-state index is -0.522. The van der Waals surface area contributed by atoms with Gasteiger partial charge in [0.15, 0.2) is 0 Å². The molecule has 0 aliphatic heterocycles. The Morgan fingerprint density at radius 2 is 1.78 bits per heavy atom. The van der Waals surface area contributed by atoms with Crippen LogP contribution < -0.4 is 5.32 Å². The molecule has 0 spiro atoms. The molecule has 6 nitrogen and oxygen atoms in total. The maximum absolute atomic E-state index is 9.62. The number of hydrogen-bond donors (Lipinski definition) is 2.